The van der Waals surface area contributed by atoms with Gasteiger partial charge in [-0.1, -0.05) is 18.2 Å². The van der Waals surface area contributed by atoms with Gasteiger partial charge in [0.15, 0.2) is 0 Å². The quantitative estimate of drug-likeness (QED) is 0.839. The molecule has 0 atom stereocenters. The number of carbonyl (C=O) groups is 1. The zero-order valence-corrected chi connectivity index (χ0v) is 10.6. The molecule has 0 bridgehead atoms. The number of nitrogens with two attached hydrogens (primary N) is 1. The van der Waals surface area contributed by atoms with Gasteiger partial charge in [0.05, 0.1) is 5.60 Å². The number of rotatable bonds is 4. The highest BCUT2D eigenvalue weighted by Gasteiger charge is 2.13. The molecule has 0 spiro atoms. The zero-order chi connectivity index (χ0) is 12.9. The van der Waals surface area contributed by atoms with E-state index in [0.717, 1.165) is 11.3 Å². The molecule has 0 aliphatic carbocycles. The Labute approximate surface area is 102 Å². The van der Waals surface area contributed by atoms with E-state index < -0.39 is 0 Å². The minimum Gasteiger partial charge on any atom is -0.366 e. The normalized spacial score (nSPS) is 11.3. The van der Waals surface area contributed by atoms with Crippen molar-refractivity contribution in [3.8, 4) is 0 Å². The topological polar surface area (TPSA) is 64.3 Å². The van der Waals surface area contributed by atoms with Gasteiger partial charge in [-0.3, -0.25) is 4.79 Å². The maximum absolute atomic E-state index is 11.7. The van der Waals surface area contributed by atoms with Gasteiger partial charge in [0.1, 0.15) is 6.61 Å². The van der Waals surface area contributed by atoms with Crippen LogP contribution in [0.2, 0.25) is 0 Å². The Kier molecular flexibility index (Phi) is 4.66. The van der Waals surface area contributed by atoms with Crippen LogP contribution < -0.4 is 11.1 Å². The number of carbonyl (C=O) groups excluding carboxylic acids is 1. The number of nitrogens with one attached hydrogen (secondary N) is 1. The lowest BCUT2D eigenvalue weighted by Gasteiger charge is -2.19. The predicted molar refractivity (Wildman–Crippen MR) is 68.7 cm³/mol. The van der Waals surface area contributed by atoms with Crippen LogP contribution in [0.4, 0.5) is 5.69 Å². The lowest BCUT2D eigenvalue weighted by Crippen LogP contribution is -2.27. The number of benzene rings is 1. The molecule has 0 saturated heterocycles. The molecule has 0 radical (unpaired) electrons. The first-order chi connectivity index (χ1) is 7.92. The molecule has 0 fully saturated rings. The van der Waals surface area contributed by atoms with E-state index in [1.165, 1.54) is 0 Å². The maximum atomic E-state index is 11.7. The van der Waals surface area contributed by atoms with Crippen LogP contribution in [-0.2, 0) is 16.1 Å². The average Bonchev–Trinajstić information content (AvgIpc) is 2.26. The average molecular weight is 236 g/mol. The molecule has 0 aromatic heterocycles. The lowest BCUT2D eigenvalue weighted by atomic mass is 10.2. The second kappa shape index (κ2) is 5.80. The van der Waals surface area contributed by atoms with Gasteiger partial charge >= 0.3 is 0 Å². The maximum Gasteiger partial charge on any atom is 0.250 e. The van der Waals surface area contributed by atoms with Crippen molar-refractivity contribution in [2.24, 2.45) is 5.73 Å². The van der Waals surface area contributed by atoms with E-state index in [4.69, 9.17) is 10.5 Å². The summed E-state index contributed by atoms with van der Waals surface area (Å²) in [6.07, 6.45) is 0. The summed E-state index contributed by atoms with van der Waals surface area (Å²) >= 11 is 0. The predicted octanol–water partition coefficient (Wildman–Crippen LogP) is 1.90. The molecule has 0 aliphatic heterocycles. The molecule has 1 rings (SSSR count). The summed E-state index contributed by atoms with van der Waals surface area (Å²) in [4.78, 5) is 11.7. The first kappa shape index (κ1) is 13.7. The Bertz CT molecular complexity index is 383. The summed E-state index contributed by atoms with van der Waals surface area (Å²) in [5, 5.41) is 2.79. The molecule has 1 aromatic rings. The van der Waals surface area contributed by atoms with E-state index in [1.54, 1.807) is 0 Å². The van der Waals surface area contributed by atoms with Crippen LogP contribution in [-0.4, -0.2) is 18.1 Å². The van der Waals surface area contributed by atoms with E-state index in [9.17, 15) is 4.79 Å². The third-order valence-electron chi connectivity index (χ3n) is 2.15. The molecule has 3 N–H and O–H groups in total. The van der Waals surface area contributed by atoms with Crippen LogP contribution >= 0.6 is 0 Å². The minimum atomic E-state index is -0.315. The summed E-state index contributed by atoms with van der Waals surface area (Å²) < 4.78 is 5.39. The Hall–Kier alpha value is -1.39. The molecule has 94 valence electrons. The van der Waals surface area contributed by atoms with Crippen molar-refractivity contribution in [3.63, 3.8) is 0 Å². The fourth-order valence-corrected chi connectivity index (χ4v) is 1.29. The van der Waals surface area contributed by atoms with E-state index in [1.807, 2.05) is 45.0 Å². The third-order valence-corrected chi connectivity index (χ3v) is 2.15. The first-order valence-corrected chi connectivity index (χ1v) is 5.64. The molecular formula is C13H20N2O2. The number of hydrogen-bond acceptors (Lipinski definition) is 3. The second-order valence-corrected chi connectivity index (χ2v) is 4.81. The van der Waals surface area contributed by atoms with E-state index in [-0.39, 0.29) is 18.1 Å². The van der Waals surface area contributed by atoms with Crippen molar-refractivity contribution in [2.45, 2.75) is 32.9 Å². The molecular weight excluding hydrogens is 216 g/mol. The van der Waals surface area contributed by atoms with E-state index in [2.05, 4.69) is 5.32 Å². The summed E-state index contributed by atoms with van der Waals surface area (Å²) in [7, 11) is 0. The third kappa shape index (κ3) is 4.97. The molecule has 0 aliphatic rings. The van der Waals surface area contributed by atoms with Crippen LogP contribution in [0.3, 0.4) is 0 Å². The number of ether oxygens (including phenoxy) is 1. The number of anilines is 1. The minimum absolute atomic E-state index is 0.0441. The van der Waals surface area contributed by atoms with E-state index >= 15 is 0 Å². The van der Waals surface area contributed by atoms with E-state index in [0.29, 0.717) is 6.54 Å². The van der Waals surface area contributed by atoms with Crippen LogP contribution in [0, 0.1) is 0 Å². The van der Waals surface area contributed by atoms with Crippen molar-refractivity contribution in [1.29, 1.82) is 0 Å². The van der Waals surface area contributed by atoms with Gasteiger partial charge in [0, 0.05) is 12.2 Å². The molecule has 17 heavy (non-hydrogen) atoms. The Morgan fingerprint density at radius 3 is 2.59 bits per heavy atom. The van der Waals surface area contributed by atoms with Crippen LogP contribution in [0.1, 0.15) is 26.3 Å². The van der Waals surface area contributed by atoms with Gasteiger partial charge in [-0.2, -0.15) is 0 Å². The van der Waals surface area contributed by atoms with Gasteiger partial charge in [-0.25, -0.2) is 0 Å². The van der Waals surface area contributed by atoms with Crippen LogP contribution in [0.15, 0.2) is 24.3 Å². The lowest BCUT2D eigenvalue weighted by molar-refractivity contribution is -0.125. The largest absolute Gasteiger partial charge is 0.366 e. The van der Waals surface area contributed by atoms with Gasteiger partial charge in [-0.05, 0) is 32.4 Å². The van der Waals surface area contributed by atoms with Crippen LogP contribution in [0.5, 0.6) is 0 Å². The standard InChI is InChI=1S/C13H20N2O2/c1-13(2,3)17-9-12(16)15-11-7-5-4-6-10(11)8-14/h4-7H,8-9,14H2,1-3H3,(H,15,16). The van der Waals surface area contributed by atoms with Gasteiger partial charge in [-0.15, -0.1) is 0 Å². The number of amides is 1. The molecule has 1 aromatic carbocycles. The van der Waals surface area contributed by atoms with Crippen molar-refractivity contribution in [2.75, 3.05) is 11.9 Å². The number of para-hydroxylation sites is 1. The Morgan fingerprint density at radius 1 is 1.35 bits per heavy atom. The fraction of sp³-hybridized carbons (Fsp3) is 0.462. The summed E-state index contributed by atoms with van der Waals surface area (Å²) in [6.45, 7) is 6.18. The monoisotopic (exact) mass is 236 g/mol. The van der Waals surface area contributed by atoms with Gasteiger partial charge in [0.2, 0.25) is 5.91 Å². The van der Waals surface area contributed by atoms with Crippen molar-refractivity contribution < 1.29 is 9.53 Å². The smallest absolute Gasteiger partial charge is 0.250 e. The Balaban J connectivity index is 2.56. The highest BCUT2D eigenvalue weighted by Crippen LogP contribution is 2.14. The first-order valence-electron chi connectivity index (χ1n) is 5.64. The van der Waals surface area contributed by atoms with Crippen LogP contribution in [0.25, 0.3) is 0 Å². The molecule has 1 amide bonds. The molecule has 0 saturated carbocycles. The number of hydrogen-bond donors (Lipinski definition) is 2. The summed E-state index contributed by atoms with van der Waals surface area (Å²) in [5.41, 5.74) is 6.93. The summed E-state index contributed by atoms with van der Waals surface area (Å²) in [6, 6.07) is 7.47. The second-order valence-electron chi connectivity index (χ2n) is 4.81. The Morgan fingerprint density at radius 2 is 2.00 bits per heavy atom. The summed E-state index contributed by atoms with van der Waals surface area (Å²) in [5.74, 6) is -0.166. The van der Waals surface area contributed by atoms with Crippen molar-refractivity contribution in [1.82, 2.24) is 0 Å². The van der Waals surface area contributed by atoms with Gasteiger partial charge in [0.25, 0.3) is 0 Å². The zero-order valence-electron chi connectivity index (χ0n) is 10.6. The van der Waals surface area contributed by atoms with Crippen molar-refractivity contribution >= 4 is 11.6 Å². The highest BCUT2D eigenvalue weighted by molar-refractivity contribution is 5.92. The molecule has 4 heteroatoms. The molecule has 0 unspecified atom stereocenters. The SMILES string of the molecule is CC(C)(C)OCC(=O)Nc1ccccc1CN. The molecule has 4 nitrogen and oxygen atoms in total. The fourth-order valence-electron chi connectivity index (χ4n) is 1.29. The molecule has 0 heterocycles. The van der Waals surface area contributed by atoms with Crippen molar-refractivity contribution in [3.05, 3.63) is 29.8 Å². The van der Waals surface area contributed by atoms with Gasteiger partial charge < -0.3 is 15.8 Å². The highest BCUT2D eigenvalue weighted by atomic mass is 16.5.